The smallest absolute Gasteiger partial charge is 0.165 e. The molecule has 0 saturated carbocycles. The molecule has 10 rings (SSSR count). The Bertz CT molecular complexity index is 2860. The minimum atomic E-state index is 0.616. The molecule has 0 amide bonds. The summed E-state index contributed by atoms with van der Waals surface area (Å²) in [6, 6.07) is 56.9. The van der Waals surface area contributed by atoms with Crippen LogP contribution in [0.1, 0.15) is 0 Å². The quantitative estimate of drug-likeness (QED) is 0.185. The van der Waals surface area contributed by atoms with Crippen molar-refractivity contribution in [2.24, 2.45) is 0 Å². The molecule has 4 nitrogen and oxygen atoms in total. The van der Waals surface area contributed by atoms with Gasteiger partial charge in [0.15, 0.2) is 17.5 Å². The van der Waals surface area contributed by atoms with Gasteiger partial charge in [-0.05, 0) is 52.6 Å². The van der Waals surface area contributed by atoms with Crippen molar-refractivity contribution in [2.45, 2.75) is 0 Å². The Morgan fingerprint density at radius 3 is 1.74 bits per heavy atom. The highest BCUT2D eigenvalue weighted by Crippen LogP contribution is 2.42. The third kappa shape index (κ3) is 4.79. The lowest BCUT2D eigenvalue weighted by Gasteiger charge is -2.10. The van der Waals surface area contributed by atoms with Gasteiger partial charge in [-0.2, -0.15) is 0 Å². The van der Waals surface area contributed by atoms with Crippen LogP contribution >= 0.6 is 11.3 Å². The summed E-state index contributed by atoms with van der Waals surface area (Å²) >= 11 is 1.78. The van der Waals surface area contributed by atoms with Gasteiger partial charge in [0.1, 0.15) is 11.2 Å². The number of thiophene rings is 1. The van der Waals surface area contributed by atoms with E-state index < -0.39 is 0 Å². The Balaban J connectivity index is 1.13. The number of hydrogen-bond donors (Lipinski definition) is 0. The summed E-state index contributed by atoms with van der Waals surface area (Å²) in [5.74, 6) is 1.90. The van der Waals surface area contributed by atoms with E-state index in [0.29, 0.717) is 17.5 Å². The van der Waals surface area contributed by atoms with Crippen LogP contribution in [0.15, 0.2) is 168 Å². The lowest BCUT2D eigenvalue weighted by molar-refractivity contribution is 0.669. The molecule has 0 aliphatic carbocycles. The summed E-state index contributed by atoms with van der Waals surface area (Å²) < 4.78 is 8.61. The second kappa shape index (κ2) is 11.6. The van der Waals surface area contributed by atoms with Crippen molar-refractivity contribution < 1.29 is 4.42 Å². The Kier molecular flexibility index (Phi) is 6.64. The second-order valence-electron chi connectivity index (χ2n) is 12.4. The molecular weight excluding hydrogens is 631 g/mol. The SMILES string of the molecule is c1ccc(-c2ccc(-c3ccc4sc5c(-c6nc(-c7ccccc7)nc(-c7cccc8oc9ccccc9c78)n6)cccc5c4c3)cc2)cc1. The molecular formula is C45H27N3OS. The van der Waals surface area contributed by atoms with Gasteiger partial charge >= 0.3 is 0 Å². The van der Waals surface area contributed by atoms with Gasteiger partial charge in [0.2, 0.25) is 0 Å². The van der Waals surface area contributed by atoms with Crippen LogP contribution in [-0.4, -0.2) is 15.0 Å². The summed E-state index contributed by atoms with van der Waals surface area (Å²) in [5, 5.41) is 4.46. The molecule has 0 bridgehead atoms. The van der Waals surface area contributed by atoms with Crippen LogP contribution in [0.2, 0.25) is 0 Å². The molecule has 0 spiro atoms. The van der Waals surface area contributed by atoms with Gasteiger partial charge in [0.05, 0.1) is 0 Å². The van der Waals surface area contributed by atoms with Crippen molar-refractivity contribution in [3.63, 3.8) is 0 Å². The fraction of sp³-hybridized carbons (Fsp3) is 0. The molecule has 0 aliphatic heterocycles. The summed E-state index contributed by atoms with van der Waals surface area (Å²) in [6.45, 7) is 0. The molecule has 5 heteroatoms. The van der Waals surface area contributed by atoms with Gasteiger partial charge in [-0.3, -0.25) is 0 Å². The van der Waals surface area contributed by atoms with Crippen LogP contribution in [0.25, 0.3) is 98.5 Å². The highest BCUT2D eigenvalue weighted by atomic mass is 32.1. The number of fused-ring (bicyclic) bond motifs is 6. The average Bonchev–Trinajstić information content (AvgIpc) is 3.77. The molecule has 0 N–H and O–H groups in total. The second-order valence-corrected chi connectivity index (χ2v) is 13.4. The topological polar surface area (TPSA) is 51.8 Å². The van der Waals surface area contributed by atoms with Gasteiger partial charge in [-0.25, -0.2) is 15.0 Å². The lowest BCUT2D eigenvalue weighted by Crippen LogP contribution is -2.00. The van der Waals surface area contributed by atoms with E-state index in [9.17, 15) is 0 Å². The monoisotopic (exact) mass is 657 g/mol. The summed E-state index contributed by atoms with van der Waals surface area (Å²) in [5.41, 5.74) is 9.31. The van der Waals surface area contributed by atoms with E-state index >= 15 is 0 Å². The van der Waals surface area contributed by atoms with Crippen LogP contribution in [0.4, 0.5) is 0 Å². The van der Waals surface area contributed by atoms with Gasteiger partial charge in [-0.15, -0.1) is 11.3 Å². The normalized spacial score (nSPS) is 11.6. The number of nitrogens with zero attached hydrogens (tertiary/aromatic N) is 3. The maximum absolute atomic E-state index is 6.23. The zero-order valence-electron chi connectivity index (χ0n) is 26.7. The van der Waals surface area contributed by atoms with Crippen LogP contribution in [0, 0.1) is 0 Å². The first kappa shape index (κ1) is 28.6. The first-order valence-electron chi connectivity index (χ1n) is 16.6. The predicted octanol–water partition coefficient (Wildman–Crippen LogP) is 12.5. The minimum Gasteiger partial charge on any atom is -0.456 e. The fourth-order valence-electron chi connectivity index (χ4n) is 6.93. The number of para-hydroxylation sites is 1. The molecule has 0 saturated heterocycles. The first-order chi connectivity index (χ1) is 24.8. The van der Waals surface area contributed by atoms with Crippen LogP contribution < -0.4 is 0 Å². The highest BCUT2D eigenvalue weighted by molar-refractivity contribution is 7.26. The van der Waals surface area contributed by atoms with Gasteiger partial charge in [0.25, 0.3) is 0 Å². The van der Waals surface area contributed by atoms with E-state index in [4.69, 9.17) is 19.4 Å². The Hall–Kier alpha value is -6.43. The molecule has 50 heavy (non-hydrogen) atoms. The van der Waals surface area contributed by atoms with Crippen molar-refractivity contribution in [3.05, 3.63) is 164 Å². The standard InChI is InChI=1S/C45H27N3OS/c1-3-11-28(12-4-1)29-21-23-30(24-22-29)32-25-26-40-37(27-32)33-16-9-18-36(42(33)50-40)45-47-43(31-13-5-2-6-14-31)46-44(48-45)35-17-10-20-39-41(35)34-15-7-8-19-38(34)49-39/h1-27H. The molecule has 0 atom stereocenters. The lowest BCUT2D eigenvalue weighted by atomic mass is 9.99. The zero-order valence-corrected chi connectivity index (χ0v) is 27.6. The largest absolute Gasteiger partial charge is 0.456 e. The van der Waals surface area contributed by atoms with Crippen molar-refractivity contribution in [2.75, 3.05) is 0 Å². The number of furan rings is 1. The third-order valence-corrected chi connectivity index (χ3v) is 10.6. The summed E-state index contributed by atoms with van der Waals surface area (Å²) in [7, 11) is 0. The third-order valence-electron chi connectivity index (χ3n) is 9.37. The maximum atomic E-state index is 6.23. The molecule has 0 radical (unpaired) electrons. The van der Waals surface area contributed by atoms with E-state index in [2.05, 4.69) is 103 Å². The Morgan fingerprint density at radius 2 is 0.940 bits per heavy atom. The number of hydrogen-bond acceptors (Lipinski definition) is 5. The number of benzene rings is 7. The fourth-order valence-corrected chi connectivity index (χ4v) is 8.13. The van der Waals surface area contributed by atoms with Crippen LogP contribution in [0.5, 0.6) is 0 Å². The van der Waals surface area contributed by atoms with Crippen molar-refractivity contribution >= 4 is 53.4 Å². The Labute approximate surface area is 292 Å². The molecule has 7 aromatic carbocycles. The minimum absolute atomic E-state index is 0.616. The molecule has 10 aromatic rings. The summed E-state index contributed by atoms with van der Waals surface area (Å²) in [4.78, 5) is 15.4. The average molecular weight is 658 g/mol. The highest BCUT2D eigenvalue weighted by Gasteiger charge is 2.19. The van der Waals surface area contributed by atoms with Gasteiger partial charge in [0, 0.05) is 47.6 Å². The first-order valence-corrected chi connectivity index (χ1v) is 17.4. The van der Waals surface area contributed by atoms with E-state index in [0.717, 1.165) is 43.3 Å². The molecule has 0 unspecified atom stereocenters. The van der Waals surface area contributed by atoms with Crippen molar-refractivity contribution in [1.29, 1.82) is 0 Å². The number of aromatic nitrogens is 3. The predicted molar refractivity (Wildman–Crippen MR) is 207 cm³/mol. The van der Waals surface area contributed by atoms with Gasteiger partial charge in [-0.1, -0.05) is 133 Å². The zero-order chi connectivity index (χ0) is 33.0. The van der Waals surface area contributed by atoms with E-state index in [-0.39, 0.29) is 0 Å². The van der Waals surface area contributed by atoms with Crippen molar-refractivity contribution in [3.8, 4) is 56.4 Å². The maximum Gasteiger partial charge on any atom is 0.165 e. The van der Waals surface area contributed by atoms with Crippen molar-refractivity contribution in [1.82, 2.24) is 15.0 Å². The molecule has 3 aromatic heterocycles. The van der Waals surface area contributed by atoms with E-state index in [1.54, 1.807) is 11.3 Å². The van der Waals surface area contributed by atoms with E-state index in [1.807, 2.05) is 60.7 Å². The summed E-state index contributed by atoms with van der Waals surface area (Å²) in [6.07, 6.45) is 0. The molecule has 3 heterocycles. The molecule has 0 aliphatic rings. The Morgan fingerprint density at radius 1 is 0.380 bits per heavy atom. The van der Waals surface area contributed by atoms with Crippen LogP contribution in [-0.2, 0) is 0 Å². The van der Waals surface area contributed by atoms with Gasteiger partial charge < -0.3 is 4.42 Å². The molecule has 234 valence electrons. The number of rotatable bonds is 5. The molecule has 0 fully saturated rings. The van der Waals surface area contributed by atoms with E-state index in [1.165, 1.54) is 37.7 Å². The van der Waals surface area contributed by atoms with Crippen LogP contribution in [0.3, 0.4) is 0 Å².